The highest BCUT2D eigenvalue weighted by atomic mass is 35.5. The lowest BCUT2D eigenvalue weighted by Gasteiger charge is -2.32. The van der Waals surface area contributed by atoms with Gasteiger partial charge in [-0.25, -0.2) is 4.98 Å². The summed E-state index contributed by atoms with van der Waals surface area (Å²) in [4.78, 5) is 6.51. The van der Waals surface area contributed by atoms with Crippen molar-refractivity contribution in [2.24, 2.45) is 0 Å². The highest BCUT2D eigenvalue weighted by Crippen LogP contribution is 2.18. The quantitative estimate of drug-likeness (QED) is 0.766. The maximum Gasteiger partial charge on any atom is 0.217 e. The zero-order valence-corrected chi connectivity index (χ0v) is 10.7. The number of aromatic nitrogens is 1. The third-order valence-electron chi connectivity index (χ3n) is 2.83. The molecular formula is C12H17ClN2O2. The second-order valence-corrected chi connectivity index (χ2v) is 4.36. The Morgan fingerprint density at radius 1 is 1.65 bits per heavy atom. The van der Waals surface area contributed by atoms with Crippen molar-refractivity contribution in [2.75, 3.05) is 32.7 Å². The summed E-state index contributed by atoms with van der Waals surface area (Å²) < 4.78 is 10.8. The second-order valence-electron chi connectivity index (χ2n) is 4.05. The predicted molar refractivity (Wildman–Crippen MR) is 66.5 cm³/mol. The number of nitrogens with zero attached hydrogens (tertiary/aromatic N) is 2. The van der Waals surface area contributed by atoms with Gasteiger partial charge in [0, 0.05) is 37.3 Å². The number of morpholine rings is 1. The first kappa shape index (κ1) is 12.6. The van der Waals surface area contributed by atoms with E-state index in [1.807, 2.05) is 12.1 Å². The van der Waals surface area contributed by atoms with E-state index in [9.17, 15) is 0 Å². The Balaban J connectivity index is 2.00. The zero-order valence-electron chi connectivity index (χ0n) is 9.93. The fourth-order valence-corrected chi connectivity index (χ4v) is 2.17. The number of rotatable bonds is 4. The Hall–Kier alpha value is -0.840. The molecule has 0 aliphatic carbocycles. The van der Waals surface area contributed by atoms with Gasteiger partial charge < -0.3 is 9.47 Å². The van der Waals surface area contributed by atoms with Crippen molar-refractivity contribution in [1.82, 2.24) is 9.88 Å². The molecule has 1 unspecified atom stereocenters. The topological polar surface area (TPSA) is 34.6 Å². The summed E-state index contributed by atoms with van der Waals surface area (Å²) >= 11 is 5.82. The monoisotopic (exact) mass is 256 g/mol. The summed E-state index contributed by atoms with van der Waals surface area (Å²) in [5, 5.41) is 0. The van der Waals surface area contributed by atoms with Crippen molar-refractivity contribution in [3.05, 3.63) is 23.9 Å². The number of ether oxygens (including phenoxy) is 2. The molecule has 0 radical (unpaired) electrons. The maximum absolute atomic E-state index is 5.82. The summed E-state index contributed by atoms with van der Waals surface area (Å²) in [5.41, 5.74) is 1.10. The zero-order chi connectivity index (χ0) is 12.1. The van der Waals surface area contributed by atoms with Crippen molar-refractivity contribution >= 4 is 11.6 Å². The Kier molecular flexibility index (Phi) is 4.59. The molecule has 0 saturated carbocycles. The molecule has 0 N–H and O–H groups in total. The third kappa shape index (κ3) is 3.31. The minimum atomic E-state index is 0.132. The van der Waals surface area contributed by atoms with Crippen LogP contribution in [0.1, 0.15) is 5.56 Å². The summed E-state index contributed by atoms with van der Waals surface area (Å²) in [7, 11) is 1.65. The Labute approximate surface area is 106 Å². The fourth-order valence-electron chi connectivity index (χ4n) is 1.99. The van der Waals surface area contributed by atoms with E-state index < -0.39 is 0 Å². The van der Waals surface area contributed by atoms with Gasteiger partial charge >= 0.3 is 0 Å². The molecule has 1 saturated heterocycles. The van der Waals surface area contributed by atoms with Crippen LogP contribution in [-0.2, 0) is 11.3 Å². The SMILES string of the molecule is COc1ncccc1CN1CCOC(CCl)C1. The molecule has 4 nitrogen and oxygen atoms in total. The van der Waals surface area contributed by atoms with Gasteiger partial charge in [0.25, 0.3) is 0 Å². The highest BCUT2D eigenvalue weighted by Gasteiger charge is 2.20. The Morgan fingerprint density at radius 3 is 3.29 bits per heavy atom. The minimum absolute atomic E-state index is 0.132. The van der Waals surface area contributed by atoms with Crippen LogP contribution in [0.3, 0.4) is 0 Å². The van der Waals surface area contributed by atoms with E-state index >= 15 is 0 Å². The predicted octanol–water partition coefficient (Wildman–Crippen LogP) is 1.53. The first-order valence-corrected chi connectivity index (χ1v) is 6.24. The molecule has 0 bridgehead atoms. The van der Waals surface area contributed by atoms with Gasteiger partial charge in [-0.15, -0.1) is 11.6 Å². The molecule has 17 heavy (non-hydrogen) atoms. The van der Waals surface area contributed by atoms with Crippen molar-refractivity contribution in [3.63, 3.8) is 0 Å². The second kappa shape index (κ2) is 6.19. The smallest absolute Gasteiger partial charge is 0.217 e. The fraction of sp³-hybridized carbons (Fsp3) is 0.583. The summed E-state index contributed by atoms with van der Waals surface area (Å²) in [6.45, 7) is 3.35. The molecule has 1 aromatic heterocycles. The molecule has 2 rings (SSSR count). The minimum Gasteiger partial charge on any atom is -0.481 e. The van der Waals surface area contributed by atoms with E-state index in [1.165, 1.54) is 0 Å². The lowest BCUT2D eigenvalue weighted by atomic mass is 10.2. The van der Waals surface area contributed by atoms with Gasteiger partial charge in [0.15, 0.2) is 0 Å². The van der Waals surface area contributed by atoms with Gasteiger partial charge in [-0.1, -0.05) is 6.07 Å². The van der Waals surface area contributed by atoms with Gasteiger partial charge in [-0.05, 0) is 6.07 Å². The van der Waals surface area contributed by atoms with E-state index in [4.69, 9.17) is 21.1 Å². The van der Waals surface area contributed by atoms with Crippen LogP contribution in [0, 0.1) is 0 Å². The lowest BCUT2D eigenvalue weighted by molar-refractivity contribution is -0.0196. The molecule has 1 atom stereocenters. The normalized spacial score (nSPS) is 21.4. The molecule has 1 aliphatic heterocycles. The number of pyridine rings is 1. The van der Waals surface area contributed by atoms with Crippen LogP contribution >= 0.6 is 11.6 Å². The maximum atomic E-state index is 5.82. The first-order valence-electron chi connectivity index (χ1n) is 5.71. The van der Waals surface area contributed by atoms with Crippen LogP contribution < -0.4 is 4.74 Å². The number of alkyl halides is 1. The third-order valence-corrected chi connectivity index (χ3v) is 3.18. The van der Waals surface area contributed by atoms with E-state index in [0.717, 1.165) is 31.8 Å². The average Bonchev–Trinajstić information content (AvgIpc) is 2.39. The summed E-state index contributed by atoms with van der Waals surface area (Å²) in [5.74, 6) is 1.24. The molecule has 0 spiro atoms. The average molecular weight is 257 g/mol. The number of halogens is 1. The van der Waals surface area contributed by atoms with Crippen molar-refractivity contribution in [3.8, 4) is 5.88 Å². The van der Waals surface area contributed by atoms with E-state index in [-0.39, 0.29) is 6.10 Å². The van der Waals surface area contributed by atoms with Gasteiger partial charge in [0.2, 0.25) is 5.88 Å². The van der Waals surface area contributed by atoms with Crippen LogP contribution in [-0.4, -0.2) is 48.7 Å². The van der Waals surface area contributed by atoms with Crippen LogP contribution in [0.4, 0.5) is 0 Å². The lowest BCUT2D eigenvalue weighted by Crippen LogP contribution is -2.42. The first-order chi connectivity index (χ1) is 8.33. The standard InChI is InChI=1S/C12H17ClN2O2/c1-16-12-10(3-2-4-14-12)8-15-5-6-17-11(7-13)9-15/h2-4,11H,5-9H2,1H3. The molecule has 0 amide bonds. The summed E-state index contributed by atoms with van der Waals surface area (Å²) in [6, 6.07) is 3.97. The van der Waals surface area contributed by atoms with E-state index in [2.05, 4.69) is 9.88 Å². The van der Waals surface area contributed by atoms with Crippen molar-refractivity contribution < 1.29 is 9.47 Å². The van der Waals surface area contributed by atoms with Gasteiger partial charge in [0.1, 0.15) is 0 Å². The van der Waals surface area contributed by atoms with Crippen molar-refractivity contribution in [2.45, 2.75) is 12.6 Å². The molecule has 2 heterocycles. The van der Waals surface area contributed by atoms with Gasteiger partial charge in [0.05, 0.1) is 19.8 Å². The van der Waals surface area contributed by atoms with Crippen LogP contribution in [0.5, 0.6) is 5.88 Å². The van der Waals surface area contributed by atoms with Crippen LogP contribution in [0.2, 0.25) is 0 Å². The highest BCUT2D eigenvalue weighted by molar-refractivity contribution is 6.18. The molecule has 94 valence electrons. The largest absolute Gasteiger partial charge is 0.481 e. The molecule has 1 fully saturated rings. The summed E-state index contributed by atoms with van der Waals surface area (Å²) in [6.07, 6.45) is 1.87. The van der Waals surface area contributed by atoms with E-state index in [0.29, 0.717) is 11.8 Å². The van der Waals surface area contributed by atoms with Gasteiger partial charge in [-0.3, -0.25) is 4.90 Å². The number of hydrogen-bond donors (Lipinski definition) is 0. The molecule has 1 aromatic rings. The Morgan fingerprint density at radius 2 is 2.53 bits per heavy atom. The molecule has 0 aromatic carbocycles. The van der Waals surface area contributed by atoms with E-state index in [1.54, 1.807) is 13.3 Å². The number of hydrogen-bond acceptors (Lipinski definition) is 4. The van der Waals surface area contributed by atoms with Crippen molar-refractivity contribution in [1.29, 1.82) is 0 Å². The van der Waals surface area contributed by atoms with Crippen LogP contribution in [0.15, 0.2) is 18.3 Å². The molecule has 5 heteroatoms. The van der Waals surface area contributed by atoms with Gasteiger partial charge in [-0.2, -0.15) is 0 Å². The molecular weight excluding hydrogens is 240 g/mol. The number of methoxy groups -OCH3 is 1. The molecule has 1 aliphatic rings. The Bertz CT molecular complexity index is 362. The van der Waals surface area contributed by atoms with Crippen LogP contribution in [0.25, 0.3) is 0 Å².